The maximum Gasteiger partial charge on any atom is 0.238 e. The van der Waals surface area contributed by atoms with Crippen molar-refractivity contribution >= 4 is 35.0 Å². The zero-order chi connectivity index (χ0) is 21.3. The summed E-state index contributed by atoms with van der Waals surface area (Å²) in [6.07, 6.45) is 4.29. The number of anilines is 2. The first kappa shape index (κ1) is 21.0. The fourth-order valence-electron chi connectivity index (χ4n) is 4.24. The van der Waals surface area contributed by atoms with Crippen molar-refractivity contribution in [3.05, 3.63) is 59.7 Å². The molecule has 1 atom stereocenters. The van der Waals surface area contributed by atoms with Gasteiger partial charge in [-0.2, -0.15) is 0 Å². The second-order valence-electron chi connectivity index (χ2n) is 9.32. The molecule has 2 aliphatic rings. The highest BCUT2D eigenvalue weighted by molar-refractivity contribution is 8.00. The Morgan fingerprint density at radius 2 is 1.63 bits per heavy atom. The van der Waals surface area contributed by atoms with Gasteiger partial charge in [-0.25, -0.2) is 0 Å². The Balaban J connectivity index is 1.49. The van der Waals surface area contributed by atoms with Gasteiger partial charge in [0.2, 0.25) is 11.8 Å². The lowest BCUT2D eigenvalue weighted by Crippen LogP contribution is -2.28. The Hall–Kier alpha value is -2.27. The van der Waals surface area contributed by atoms with Crippen LogP contribution in [0.5, 0.6) is 0 Å². The Labute approximate surface area is 183 Å². The molecular formula is C25H30N2O2S. The highest BCUT2D eigenvalue weighted by atomic mass is 32.2. The molecule has 1 saturated carbocycles. The molecule has 2 aromatic carbocycles. The van der Waals surface area contributed by atoms with E-state index in [1.807, 2.05) is 41.3 Å². The van der Waals surface area contributed by atoms with Gasteiger partial charge in [0.05, 0.1) is 5.75 Å². The first-order chi connectivity index (χ1) is 14.3. The number of nitrogens with one attached hydrogen (secondary N) is 1. The van der Waals surface area contributed by atoms with Crippen LogP contribution in [0.4, 0.5) is 11.4 Å². The van der Waals surface area contributed by atoms with Crippen molar-refractivity contribution in [2.45, 2.75) is 57.2 Å². The molecule has 0 radical (unpaired) electrons. The van der Waals surface area contributed by atoms with Crippen LogP contribution in [0.2, 0.25) is 0 Å². The molecule has 1 N–H and O–H groups in total. The van der Waals surface area contributed by atoms with E-state index < -0.39 is 0 Å². The van der Waals surface area contributed by atoms with Crippen molar-refractivity contribution in [1.29, 1.82) is 0 Å². The molecule has 0 unspecified atom stereocenters. The molecule has 2 fully saturated rings. The van der Waals surface area contributed by atoms with Gasteiger partial charge in [-0.3, -0.25) is 14.5 Å². The lowest BCUT2D eigenvalue weighted by Gasteiger charge is -2.26. The molecule has 0 aromatic heterocycles. The summed E-state index contributed by atoms with van der Waals surface area (Å²) in [6.45, 7) is 6.57. The average Bonchev–Trinajstić information content (AvgIpc) is 3.38. The van der Waals surface area contributed by atoms with Gasteiger partial charge in [-0.15, -0.1) is 11.8 Å². The predicted molar refractivity (Wildman–Crippen MR) is 125 cm³/mol. The molecule has 1 saturated heterocycles. The number of hydrogen-bond donors (Lipinski definition) is 1. The maximum absolute atomic E-state index is 12.6. The van der Waals surface area contributed by atoms with Crippen LogP contribution in [0.1, 0.15) is 63.0 Å². The summed E-state index contributed by atoms with van der Waals surface area (Å²) in [6, 6.07) is 16.3. The predicted octanol–water partition coefficient (Wildman–Crippen LogP) is 5.89. The zero-order valence-corrected chi connectivity index (χ0v) is 18.8. The quantitative estimate of drug-likeness (QED) is 0.668. The summed E-state index contributed by atoms with van der Waals surface area (Å²) in [4.78, 5) is 26.9. The first-order valence-corrected chi connectivity index (χ1v) is 11.8. The van der Waals surface area contributed by atoms with Gasteiger partial charge in [-0.05, 0) is 53.6 Å². The molecule has 0 bridgehead atoms. The van der Waals surface area contributed by atoms with Crippen LogP contribution >= 0.6 is 11.8 Å². The lowest BCUT2D eigenvalue weighted by atomic mass is 9.87. The van der Waals surface area contributed by atoms with E-state index in [0.29, 0.717) is 5.75 Å². The van der Waals surface area contributed by atoms with Crippen molar-refractivity contribution < 1.29 is 9.59 Å². The molecule has 158 valence electrons. The van der Waals surface area contributed by atoms with Crippen molar-refractivity contribution in [3.8, 4) is 0 Å². The second-order valence-corrected chi connectivity index (χ2v) is 10.4. The normalized spacial score (nSPS) is 20.0. The first-order valence-electron chi connectivity index (χ1n) is 10.8. The Morgan fingerprint density at radius 3 is 2.23 bits per heavy atom. The number of thioether (sulfide) groups is 1. The van der Waals surface area contributed by atoms with Crippen molar-refractivity contribution in [3.63, 3.8) is 0 Å². The number of hydrogen-bond acceptors (Lipinski definition) is 3. The zero-order valence-electron chi connectivity index (χ0n) is 18.0. The Morgan fingerprint density at radius 1 is 1.00 bits per heavy atom. The van der Waals surface area contributed by atoms with E-state index >= 15 is 0 Å². The van der Waals surface area contributed by atoms with E-state index in [1.54, 1.807) is 11.8 Å². The number of carbonyl (C=O) groups is 2. The molecule has 4 rings (SSSR count). The van der Waals surface area contributed by atoms with Crippen molar-refractivity contribution in [1.82, 2.24) is 0 Å². The lowest BCUT2D eigenvalue weighted by molar-refractivity contribution is -0.119. The molecule has 2 amide bonds. The van der Waals surface area contributed by atoms with E-state index in [9.17, 15) is 9.59 Å². The number of benzene rings is 2. The van der Waals surface area contributed by atoms with E-state index in [2.05, 4.69) is 38.2 Å². The van der Waals surface area contributed by atoms with Gasteiger partial charge in [0.25, 0.3) is 0 Å². The summed E-state index contributed by atoms with van der Waals surface area (Å²) in [5.74, 6) is 0.892. The minimum Gasteiger partial charge on any atom is -0.326 e. The van der Waals surface area contributed by atoms with Crippen molar-refractivity contribution in [2.24, 2.45) is 5.92 Å². The minimum atomic E-state index is -0.0439. The minimum absolute atomic E-state index is 0.0439. The molecule has 5 heteroatoms. The number of amides is 2. The van der Waals surface area contributed by atoms with Crippen LogP contribution in [-0.2, 0) is 15.0 Å². The summed E-state index contributed by atoms with van der Waals surface area (Å²) in [5.41, 5.74) is 4.17. The van der Waals surface area contributed by atoms with Gasteiger partial charge in [0, 0.05) is 17.3 Å². The molecular weight excluding hydrogens is 392 g/mol. The smallest absolute Gasteiger partial charge is 0.238 e. The number of carbonyl (C=O) groups excluding carboxylic acids is 2. The summed E-state index contributed by atoms with van der Waals surface area (Å²) in [7, 11) is 0. The fourth-order valence-corrected chi connectivity index (χ4v) is 5.41. The van der Waals surface area contributed by atoms with Crippen LogP contribution in [0.25, 0.3) is 0 Å². The molecule has 1 heterocycles. The van der Waals surface area contributed by atoms with Crippen molar-refractivity contribution in [2.75, 3.05) is 16.0 Å². The summed E-state index contributed by atoms with van der Waals surface area (Å²) < 4.78 is 0. The third-order valence-corrected chi connectivity index (χ3v) is 7.28. The molecule has 4 nitrogen and oxygen atoms in total. The fraction of sp³-hybridized carbons (Fsp3) is 0.440. The van der Waals surface area contributed by atoms with Gasteiger partial charge in [0.1, 0.15) is 5.37 Å². The van der Waals surface area contributed by atoms with Crippen LogP contribution in [0.3, 0.4) is 0 Å². The summed E-state index contributed by atoms with van der Waals surface area (Å²) >= 11 is 1.65. The Kier molecular flexibility index (Phi) is 5.92. The standard InChI is InChI=1S/C25H30N2O2S/c1-25(2,3)19-10-14-21(15-11-19)27-22(28)16-30-24(27)18-8-12-20(13-9-18)26-23(29)17-6-4-5-7-17/h8-15,17,24H,4-7,16H2,1-3H3,(H,26,29)/t24-/m0/s1. The molecule has 30 heavy (non-hydrogen) atoms. The highest BCUT2D eigenvalue weighted by Crippen LogP contribution is 2.42. The molecule has 2 aromatic rings. The van der Waals surface area contributed by atoms with Gasteiger partial charge >= 0.3 is 0 Å². The van der Waals surface area contributed by atoms with Gasteiger partial charge in [0.15, 0.2) is 0 Å². The Bertz CT molecular complexity index is 910. The number of nitrogens with zero attached hydrogens (tertiary/aromatic N) is 1. The maximum atomic E-state index is 12.6. The largest absolute Gasteiger partial charge is 0.326 e. The third kappa shape index (κ3) is 4.41. The molecule has 1 aliphatic heterocycles. The third-order valence-electron chi connectivity index (χ3n) is 6.07. The van der Waals surface area contributed by atoms with E-state index in [1.165, 1.54) is 5.56 Å². The van der Waals surface area contributed by atoms with Gasteiger partial charge < -0.3 is 5.32 Å². The molecule has 1 aliphatic carbocycles. The van der Waals surface area contributed by atoms with Crippen LogP contribution in [-0.4, -0.2) is 17.6 Å². The monoisotopic (exact) mass is 422 g/mol. The number of rotatable bonds is 4. The van der Waals surface area contributed by atoms with Gasteiger partial charge in [-0.1, -0.05) is 57.9 Å². The second kappa shape index (κ2) is 8.46. The van der Waals surface area contributed by atoms with E-state index in [0.717, 1.165) is 42.6 Å². The van der Waals surface area contributed by atoms with Crippen LogP contribution < -0.4 is 10.2 Å². The van der Waals surface area contributed by atoms with Crippen LogP contribution in [0, 0.1) is 5.92 Å². The van der Waals surface area contributed by atoms with E-state index in [4.69, 9.17) is 0 Å². The summed E-state index contributed by atoms with van der Waals surface area (Å²) in [5, 5.41) is 3.00. The topological polar surface area (TPSA) is 49.4 Å². The SMILES string of the molecule is CC(C)(C)c1ccc(N2C(=O)CS[C@H]2c2ccc(NC(=O)C3CCCC3)cc2)cc1. The molecule has 0 spiro atoms. The average molecular weight is 423 g/mol. The van der Waals surface area contributed by atoms with Crippen LogP contribution in [0.15, 0.2) is 48.5 Å². The highest BCUT2D eigenvalue weighted by Gasteiger charge is 2.34. The van der Waals surface area contributed by atoms with E-state index in [-0.39, 0.29) is 28.5 Å².